The van der Waals surface area contributed by atoms with E-state index in [0.29, 0.717) is 25.9 Å². The first-order valence-electron chi connectivity index (χ1n) is 13.6. The highest BCUT2D eigenvalue weighted by molar-refractivity contribution is 6.27. The Hall–Kier alpha value is -4.14. The average molecular weight is 536 g/mol. The van der Waals surface area contributed by atoms with Crippen LogP contribution >= 0.6 is 0 Å². The smallest absolute Gasteiger partial charge is 0.239 e. The van der Waals surface area contributed by atoms with Crippen molar-refractivity contribution in [2.24, 2.45) is 21.5 Å². The molecule has 212 valence electrons. The van der Waals surface area contributed by atoms with Crippen molar-refractivity contribution in [3.63, 3.8) is 0 Å². The third kappa shape index (κ3) is 15.0. The van der Waals surface area contributed by atoms with Crippen LogP contribution in [0.1, 0.15) is 50.7 Å². The van der Waals surface area contributed by atoms with E-state index >= 15 is 0 Å². The van der Waals surface area contributed by atoms with Gasteiger partial charge in [-0.1, -0.05) is 74.5 Å². The Morgan fingerprint density at radius 1 is 0.897 bits per heavy atom. The van der Waals surface area contributed by atoms with E-state index in [1.54, 1.807) is 6.20 Å². The highest BCUT2D eigenvalue weighted by Gasteiger charge is 2.12. The van der Waals surface area contributed by atoms with Crippen LogP contribution in [0.5, 0.6) is 0 Å². The van der Waals surface area contributed by atoms with Crippen molar-refractivity contribution in [1.82, 2.24) is 15.5 Å². The molecule has 2 aromatic rings. The molecule has 9 nitrogen and oxygen atoms in total. The van der Waals surface area contributed by atoms with E-state index < -0.39 is 0 Å². The van der Waals surface area contributed by atoms with Crippen LogP contribution in [-0.2, 0) is 16.0 Å². The zero-order chi connectivity index (χ0) is 28.7. The number of unbranched alkanes of at least 4 members (excludes halogenated alkanes) is 2. The molecule has 9 heteroatoms. The normalized spacial score (nSPS) is 11.1. The molecule has 0 saturated carbocycles. The molecule has 0 saturated heterocycles. The summed E-state index contributed by atoms with van der Waals surface area (Å²) in [5.41, 5.74) is 13.6. The number of amides is 1. The monoisotopic (exact) mass is 535 g/mol. The second-order valence-corrected chi connectivity index (χ2v) is 8.59. The van der Waals surface area contributed by atoms with Crippen LogP contribution in [0, 0.1) is 0 Å². The third-order valence-electron chi connectivity index (χ3n) is 5.53. The Balaban J connectivity index is 0.00000371. The molecule has 2 aromatic carbocycles. The predicted octanol–water partition coefficient (Wildman–Crippen LogP) is 3.32. The lowest BCUT2D eigenvalue weighted by Crippen LogP contribution is -2.35. The maximum atomic E-state index is 12.5. The van der Waals surface area contributed by atoms with E-state index in [0.717, 1.165) is 43.4 Å². The lowest BCUT2D eigenvalue weighted by atomic mass is 10.1. The number of benzene rings is 2. The van der Waals surface area contributed by atoms with Crippen molar-refractivity contribution in [3.8, 4) is 0 Å². The second kappa shape index (κ2) is 20.9. The summed E-state index contributed by atoms with van der Waals surface area (Å²) in [4.78, 5) is 34.3. The van der Waals surface area contributed by atoms with Crippen LogP contribution in [0.15, 0.2) is 76.8 Å². The lowest BCUT2D eigenvalue weighted by molar-refractivity contribution is -0.121. The number of aldehydes is 1. The van der Waals surface area contributed by atoms with E-state index in [2.05, 4.69) is 32.8 Å². The fourth-order valence-electron chi connectivity index (χ4n) is 3.62. The van der Waals surface area contributed by atoms with Gasteiger partial charge in [-0.05, 0) is 43.2 Å². The largest absolute Gasteiger partial charge is 0.370 e. The Morgan fingerprint density at radius 3 is 2.18 bits per heavy atom. The fourth-order valence-corrected chi connectivity index (χ4v) is 3.62. The van der Waals surface area contributed by atoms with Gasteiger partial charge in [0.2, 0.25) is 5.91 Å². The number of nitrogens with zero attached hydrogens (tertiary/aromatic N) is 3. The maximum absolute atomic E-state index is 12.5. The summed E-state index contributed by atoms with van der Waals surface area (Å²) in [6, 6.07) is 19.9. The van der Waals surface area contributed by atoms with Crippen LogP contribution in [0.3, 0.4) is 0 Å². The molecule has 2 rings (SSSR count). The Kier molecular flexibility index (Phi) is 17.6. The molecule has 0 atom stereocenters. The van der Waals surface area contributed by atoms with E-state index in [1.807, 2.05) is 74.3 Å². The number of likely N-dealkylation sites (N-methyl/N-ethyl adjacent to an activating group) is 1. The minimum atomic E-state index is -0.0845. The van der Waals surface area contributed by atoms with E-state index in [-0.39, 0.29) is 24.2 Å². The van der Waals surface area contributed by atoms with Crippen molar-refractivity contribution < 1.29 is 9.59 Å². The topological polar surface area (TPSA) is 138 Å². The molecule has 0 unspecified atom stereocenters. The number of hydrogen-bond donors (Lipinski definition) is 4. The van der Waals surface area contributed by atoms with Gasteiger partial charge in [0.05, 0.1) is 12.2 Å². The first-order chi connectivity index (χ1) is 19.0. The number of aryl methyl sites for hydroxylation is 1. The quantitative estimate of drug-likeness (QED) is 0.113. The summed E-state index contributed by atoms with van der Waals surface area (Å²) < 4.78 is 0. The molecular weight excluding hydrogens is 490 g/mol. The van der Waals surface area contributed by atoms with Gasteiger partial charge in [0.25, 0.3) is 0 Å². The molecule has 6 N–H and O–H groups in total. The van der Waals surface area contributed by atoms with Gasteiger partial charge in [0.15, 0.2) is 18.1 Å². The second-order valence-electron chi connectivity index (χ2n) is 8.59. The lowest BCUT2D eigenvalue weighted by Gasteiger charge is -2.23. The highest BCUT2D eigenvalue weighted by atomic mass is 16.2. The van der Waals surface area contributed by atoms with Crippen molar-refractivity contribution in [1.29, 1.82) is 0 Å². The van der Waals surface area contributed by atoms with Crippen LogP contribution in [0.2, 0.25) is 0 Å². The minimum absolute atomic E-state index is 0.0845. The zero-order valence-corrected chi connectivity index (χ0v) is 23.6. The summed E-state index contributed by atoms with van der Waals surface area (Å²) >= 11 is 0. The Bertz CT molecular complexity index is 1030. The minimum Gasteiger partial charge on any atom is -0.370 e. The number of nitrogens with one attached hydrogen (secondary N) is 2. The number of nitrogens with two attached hydrogens (primary N) is 2. The van der Waals surface area contributed by atoms with Crippen LogP contribution in [0.4, 0.5) is 0 Å². The summed E-state index contributed by atoms with van der Waals surface area (Å²) in [6.45, 7) is 5.88. The van der Waals surface area contributed by atoms with E-state index in [9.17, 15) is 9.59 Å². The molecular formula is C30H45N7O2. The molecule has 0 spiro atoms. The van der Waals surface area contributed by atoms with Crippen molar-refractivity contribution >= 4 is 29.7 Å². The van der Waals surface area contributed by atoms with Gasteiger partial charge in [-0.3, -0.25) is 19.6 Å². The molecule has 0 aliphatic heterocycles. The summed E-state index contributed by atoms with van der Waals surface area (Å²) in [6.07, 6.45) is 6.81. The van der Waals surface area contributed by atoms with Crippen molar-refractivity contribution in [2.75, 3.05) is 33.2 Å². The number of amidine groups is 1. The van der Waals surface area contributed by atoms with Crippen LogP contribution < -0.4 is 22.1 Å². The molecule has 0 heterocycles. The molecule has 0 bridgehead atoms. The molecule has 39 heavy (non-hydrogen) atoms. The van der Waals surface area contributed by atoms with Gasteiger partial charge in [-0.25, -0.2) is 0 Å². The van der Waals surface area contributed by atoms with Crippen molar-refractivity contribution in [3.05, 3.63) is 78.0 Å². The van der Waals surface area contributed by atoms with Gasteiger partial charge in [0.1, 0.15) is 0 Å². The van der Waals surface area contributed by atoms with Gasteiger partial charge in [0, 0.05) is 32.9 Å². The van der Waals surface area contributed by atoms with Gasteiger partial charge >= 0.3 is 0 Å². The zero-order valence-electron chi connectivity index (χ0n) is 23.6. The number of aliphatic imine (C=N–C) groups is 2. The van der Waals surface area contributed by atoms with Crippen LogP contribution in [-0.4, -0.2) is 62.1 Å². The van der Waals surface area contributed by atoms with Crippen molar-refractivity contribution in [2.45, 2.75) is 46.0 Å². The number of rotatable bonds is 16. The summed E-state index contributed by atoms with van der Waals surface area (Å²) in [5, 5.41) is 5.97. The number of carbonyl (C=O) groups excluding carboxylic acids is 2. The number of guanidine groups is 1. The molecule has 0 fully saturated rings. The summed E-state index contributed by atoms with van der Waals surface area (Å²) in [7, 11) is 1.84. The average Bonchev–Trinajstić information content (AvgIpc) is 2.95. The standard InChI is InChI=1S/C28H39N7O2.C2H6/c1-35(21-27(37)32-17-9-4-10-18-33-28(29)30)25(24-15-7-3-8-16-24)20-34-26(22-36)31-19-11-14-23-12-5-2-6-13-23;1-2/h2-3,5-8,12-13,15-16,20,22H,4,9-11,14,17-19,21H2,1H3,(H,31,34)(H,32,37)(H4,29,30,33);1-2H3/b25-20-;. The molecule has 0 aromatic heterocycles. The third-order valence-corrected chi connectivity index (χ3v) is 5.53. The molecule has 0 aliphatic rings. The SMILES string of the molecule is CC.CN(CC(=O)NCCCCCN=C(N)N)/C(=C\NC(C=O)=NCCCc1ccccc1)c1ccccc1. The Morgan fingerprint density at radius 2 is 1.54 bits per heavy atom. The van der Waals surface area contributed by atoms with Crippen LogP contribution in [0.25, 0.3) is 5.70 Å². The predicted molar refractivity (Wildman–Crippen MR) is 162 cm³/mol. The van der Waals surface area contributed by atoms with E-state index in [1.165, 1.54) is 5.56 Å². The van der Waals surface area contributed by atoms with E-state index in [4.69, 9.17) is 11.5 Å². The van der Waals surface area contributed by atoms with Gasteiger partial charge < -0.3 is 27.0 Å². The molecule has 0 radical (unpaired) electrons. The Labute approximate surface area is 233 Å². The highest BCUT2D eigenvalue weighted by Crippen LogP contribution is 2.16. The fraction of sp³-hybridized carbons (Fsp3) is 0.400. The number of carbonyl (C=O) groups is 2. The maximum Gasteiger partial charge on any atom is 0.239 e. The molecule has 0 aliphatic carbocycles. The van der Waals surface area contributed by atoms with Gasteiger partial charge in [-0.15, -0.1) is 0 Å². The summed E-state index contributed by atoms with van der Waals surface area (Å²) in [5.74, 6) is 0.265. The number of hydrogen-bond acceptors (Lipinski definition) is 5. The first kappa shape index (κ1) is 32.9. The first-order valence-corrected chi connectivity index (χ1v) is 13.6. The van der Waals surface area contributed by atoms with Gasteiger partial charge in [-0.2, -0.15) is 0 Å². The molecule has 1 amide bonds.